The number of nitrogen functional groups attached to an aromatic ring is 1. The van der Waals surface area contributed by atoms with Gasteiger partial charge >= 0.3 is 12.0 Å². The summed E-state index contributed by atoms with van der Waals surface area (Å²) >= 11 is 0. The number of ether oxygens (including phenoxy) is 2. The molecule has 10 nitrogen and oxygen atoms in total. The SMILES string of the molecule is Cl.Cl.N=C(N)c1ccc(N2CCN(C(=O)N[C@H]3CC[C@H](C(=O)OCCN4CCOCC4)CC3)CC2)cc1. The number of amidine groups is 1. The number of nitrogens with zero attached hydrogens (tertiary/aromatic N) is 3. The highest BCUT2D eigenvalue weighted by Gasteiger charge is 2.30. The van der Waals surface area contributed by atoms with Gasteiger partial charge in [-0.3, -0.25) is 15.1 Å². The fourth-order valence-electron chi connectivity index (χ4n) is 4.98. The lowest BCUT2D eigenvalue weighted by Crippen LogP contribution is -2.54. The van der Waals surface area contributed by atoms with E-state index in [1.54, 1.807) is 0 Å². The number of urea groups is 1. The normalized spacial score (nSPS) is 22.3. The molecule has 3 fully saturated rings. The molecule has 0 unspecified atom stereocenters. The van der Waals surface area contributed by atoms with Crippen molar-refractivity contribution < 1.29 is 19.1 Å². The molecule has 208 valence electrons. The van der Waals surface area contributed by atoms with Gasteiger partial charge in [-0.05, 0) is 49.9 Å². The van der Waals surface area contributed by atoms with E-state index in [2.05, 4.69) is 15.1 Å². The zero-order chi connectivity index (χ0) is 24.6. The highest BCUT2D eigenvalue weighted by atomic mass is 35.5. The Morgan fingerprint density at radius 2 is 1.59 bits per heavy atom. The summed E-state index contributed by atoms with van der Waals surface area (Å²) in [4.78, 5) is 31.6. The Morgan fingerprint density at radius 1 is 0.973 bits per heavy atom. The van der Waals surface area contributed by atoms with E-state index in [0.29, 0.717) is 25.3 Å². The number of nitrogens with one attached hydrogen (secondary N) is 2. The molecule has 37 heavy (non-hydrogen) atoms. The third-order valence-electron chi connectivity index (χ3n) is 7.25. The largest absolute Gasteiger partial charge is 0.464 e. The molecule has 3 aliphatic rings. The minimum absolute atomic E-state index is 0. The lowest BCUT2D eigenvalue weighted by atomic mass is 9.86. The van der Waals surface area contributed by atoms with Gasteiger partial charge in [0.05, 0.1) is 19.1 Å². The molecule has 1 aromatic rings. The van der Waals surface area contributed by atoms with Crippen LogP contribution in [-0.4, -0.2) is 99.3 Å². The maximum Gasteiger partial charge on any atom is 0.317 e. The first-order chi connectivity index (χ1) is 17.0. The molecule has 1 aliphatic carbocycles. The molecule has 2 heterocycles. The van der Waals surface area contributed by atoms with Crippen LogP contribution in [0.4, 0.5) is 10.5 Å². The number of piperazine rings is 1. The predicted octanol–water partition coefficient (Wildman–Crippen LogP) is 2.08. The van der Waals surface area contributed by atoms with Crippen LogP contribution in [0.15, 0.2) is 24.3 Å². The van der Waals surface area contributed by atoms with Crippen LogP contribution in [0.2, 0.25) is 0 Å². The predicted molar refractivity (Wildman–Crippen MR) is 148 cm³/mol. The van der Waals surface area contributed by atoms with Crippen molar-refractivity contribution in [3.8, 4) is 0 Å². The van der Waals surface area contributed by atoms with E-state index in [4.69, 9.17) is 20.6 Å². The van der Waals surface area contributed by atoms with Crippen molar-refractivity contribution >= 4 is 48.3 Å². The summed E-state index contributed by atoms with van der Waals surface area (Å²) in [7, 11) is 0. The van der Waals surface area contributed by atoms with Crippen molar-refractivity contribution in [1.82, 2.24) is 15.1 Å². The zero-order valence-corrected chi connectivity index (χ0v) is 22.9. The minimum atomic E-state index is -0.101. The van der Waals surface area contributed by atoms with Gasteiger partial charge in [-0.15, -0.1) is 24.8 Å². The molecule has 0 spiro atoms. The average molecular weight is 560 g/mol. The monoisotopic (exact) mass is 558 g/mol. The number of esters is 1. The van der Waals surface area contributed by atoms with Gasteiger partial charge in [0.1, 0.15) is 12.4 Å². The summed E-state index contributed by atoms with van der Waals surface area (Å²) in [5.41, 5.74) is 7.31. The lowest BCUT2D eigenvalue weighted by Gasteiger charge is -2.37. The van der Waals surface area contributed by atoms with Gasteiger partial charge in [-0.1, -0.05) is 0 Å². The molecule has 1 aromatic carbocycles. The van der Waals surface area contributed by atoms with Crippen LogP contribution < -0.4 is 16.0 Å². The quantitative estimate of drug-likeness (QED) is 0.266. The van der Waals surface area contributed by atoms with Crippen LogP contribution in [-0.2, 0) is 14.3 Å². The number of halogens is 2. The molecule has 4 N–H and O–H groups in total. The summed E-state index contributed by atoms with van der Waals surface area (Å²) in [6, 6.07) is 7.74. The van der Waals surface area contributed by atoms with Crippen molar-refractivity contribution in [2.24, 2.45) is 11.7 Å². The Kier molecular flexibility index (Phi) is 12.7. The molecular weight excluding hydrogens is 519 g/mol. The first kappa shape index (κ1) is 31.0. The maximum atomic E-state index is 12.8. The van der Waals surface area contributed by atoms with E-state index < -0.39 is 0 Å². The molecule has 0 radical (unpaired) electrons. The lowest BCUT2D eigenvalue weighted by molar-refractivity contribution is -0.150. The second kappa shape index (κ2) is 15.2. The fraction of sp³-hybridized carbons (Fsp3) is 0.640. The smallest absolute Gasteiger partial charge is 0.317 e. The standard InChI is InChI=1S/C25H38N6O4.2ClH/c26-23(27)19-3-7-22(8-4-19)30-9-11-31(12-10-30)25(33)28-21-5-1-20(2-6-21)24(32)35-18-15-29-13-16-34-17-14-29;;/h3-4,7-8,20-21H,1-2,5-6,9-18H2,(H3,26,27)(H,28,33);2*1H/t20-,21-;;. The molecule has 0 atom stereocenters. The summed E-state index contributed by atoms with van der Waals surface area (Å²) in [5.74, 6) is -0.103. The number of hydrogen-bond donors (Lipinski definition) is 3. The van der Waals surface area contributed by atoms with Crippen molar-refractivity contribution in [1.29, 1.82) is 5.41 Å². The van der Waals surface area contributed by atoms with Crippen LogP contribution in [0.5, 0.6) is 0 Å². The van der Waals surface area contributed by atoms with Gasteiger partial charge in [-0.2, -0.15) is 0 Å². The van der Waals surface area contributed by atoms with Gasteiger partial charge in [0, 0.05) is 63.1 Å². The van der Waals surface area contributed by atoms with E-state index in [1.165, 1.54) is 0 Å². The average Bonchev–Trinajstić information content (AvgIpc) is 2.90. The van der Waals surface area contributed by atoms with Crippen molar-refractivity contribution in [2.75, 3.05) is 70.5 Å². The molecule has 0 aromatic heterocycles. The Morgan fingerprint density at radius 3 is 2.19 bits per heavy atom. The molecule has 2 aliphatic heterocycles. The first-order valence-electron chi connectivity index (χ1n) is 12.7. The second-order valence-electron chi connectivity index (χ2n) is 9.55. The number of anilines is 1. The van der Waals surface area contributed by atoms with Gasteiger partial charge in [0.15, 0.2) is 0 Å². The maximum absolute atomic E-state index is 12.8. The van der Waals surface area contributed by atoms with Crippen molar-refractivity contribution in [3.63, 3.8) is 0 Å². The molecule has 0 bridgehead atoms. The van der Waals surface area contributed by atoms with Gasteiger partial charge < -0.3 is 30.3 Å². The second-order valence-corrected chi connectivity index (χ2v) is 9.55. The Balaban J connectivity index is 0.00000241. The number of rotatable bonds is 7. The van der Waals surface area contributed by atoms with Crippen LogP contribution in [0, 0.1) is 11.3 Å². The van der Waals surface area contributed by atoms with E-state index >= 15 is 0 Å². The van der Waals surface area contributed by atoms with E-state index in [1.807, 2.05) is 29.2 Å². The third-order valence-corrected chi connectivity index (χ3v) is 7.25. The highest BCUT2D eigenvalue weighted by molar-refractivity contribution is 5.95. The topological polar surface area (TPSA) is 124 Å². The molecule has 2 amide bonds. The highest BCUT2D eigenvalue weighted by Crippen LogP contribution is 2.26. The van der Waals surface area contributed by atoms with Crippen LogP contribution in [0.3, 0.4) is 0 Å². The van der Waals surface area contributed by atoms with E-state index in [-0.39, 0.29) is 54.6 Å². The van der Waals surface area contributed by atoms with E-state index in [0.717, 1.165) is 77.3 Å². The molecule has 4 rings (SSSR count). The molecular formula is C25H40Cl2N6O4. The summed E-state index contributed by atoms with van der Waals surface area (Å²) in [6.07, 6.45) is 3.12. The number of hydrogen-bond acceptors (Lipinski definition) is 7. The van der Waals surface area contributed by atoms with Crippen LogP contribution in [0.1, 0.15) is 31.2 Å². The van der Waals surface area contributed by atoms with Gasteiger partial charge in [0.25, 0.3) is 0 Å². The fourth-order valence-corrected chi connectivity index (χ4v) is 4.98. The number of morpholine rings is 1. The Bertz CT molecular complexity index is 868. The molecule has 12 heteroatoms. The van der Waals surface area contributed by atoms with Crippen molar-refractivity contribution in [2.45, 2.75) is 31.7 Å². The third kappa shape index (κ3) is 8.91. The van der Waals surface area contributed by atoms with Crippen LogP contribution >= 0.6 is 24.8 Å². The first-order valence-corrected chi connectivity index (χ1v) is 12.7. The number of benzene rings is 1. The minimum Gasteiger partial charge on any atom is -0.464 e. The van der Waals surface area contributed by atoms with Gasteiger partial charge in [0.2, 0.25) is 0 Å². The summed E-state index contributed by atoms with van der Waals surface area (Å²) in [6.45, 7) is 7.31. The molecule has 2 saturated heterocycles. The van der Waals surface area contributed by atoms with E-state index in [9.17, 15) is 9.59 Å². The number of carbonyl (C=O) groups excluding carboxylic acids is 2. The summed E-state index contributed by atoms with van der Waals surface area (Å²) < 4.78 is 10.9. The van der Waals surface area contributed by atoms with Crippen LogP contribution in [0.25, 0.3) is 0 Å². The Labute approximate surface area is 231 Å². The summed E-state index contributed by atoms with van der Waals surface area (Å²) in [5, 5.41) is 10.7. The Hall–Kier alpha value is -2.27. The van der Waals surface area contributed by atoms with Crippen molar-refractivity contribution in [3.05, 3.63) is 29.8 Å². The zero-order valence-electron chi connectivity index (χ0n) is 21.2. The number of carbonyl (C=O) groups is 2. The number of nitrogens with two attached hydrogens (primary N) is 1. The van der Waals surface area contributed by atoms with Gasteiger partial charge in [-0.25, -0.2) is 4.79 Å². The number of amides is 2. The molecule has 1 saturated carbocycles.